The number of morpholine rings is 1. The molecule has 3 aromatic rings. The number of aromatic nitrogens is 3. The Bertz CT molecular complexity index is 1160. The van der Waals surface area contributed by atoms with Gasteiger partial charge < -0.3 is 15.4 Å². The third-order valence-electron chi connectivity index (χ3n) is 5.35. The van der Waals surface area contributed by atoms with Crippen molar-refractivity contribution in [1.82, 2.24) is 20.3 Å². The number of hydrogen-bond donors (Lipinski definition) is 2. The highest BCUT2D eigenvalue weighted by molar-refractivity contribution is 6.06. The van der Waals surface area contributed by atoms with Gasteiger partial charge in [0.1, 0.15) is 23.6 Å². The maximum atomic E-state index is 14.7. The van der Waals surface area contributed by atoms with Crippen LogP contribution in [0.15, 0.2) is 42.9 Å². The molecule has 1 aromatic carbocycles. The van der Waals surface area contributed by atoms with Crippen molar-refractivity contribution >= 4 is 24.0 Å². The molecule has 1 aliphatic heterocycles. The molecule has 0 radical (unpaired) electrons. The molecule has 0 spiro atoms. The lowest BCUT2D eigenvalue weighted by atomic mass is 10.00. The Hall–Kier alpha value is -3.01. The molecule has 0 saturated carbocycles. The molecule has 34 heavy (non-hydrogen) atoms. The number of amides is 1. The number of hydrogen-bond acceptors (Lipinski definition) is 6. The van der Waals surface area contributed by atoms with Crippen LogP contribution in [-0.4, -0.2) is 40.1 Å². The van der Waals surface area contributed by atoms with E-state index in [0.29, 0.717) is 30.2 Å². The van der Waals surface area contributed by atoms with Crippen LogP contribution in [0, 0.1) is 11.6 Å². The molecule has 1 aliphatic rings. The SMILES string of the molecule is CC(C)c1ncc(C(=O)Nc2c(-c3cc(F)ccc3F)ccnc2C2CNC[C@@H](C)O2)cn1.Cl. The van der Waals surface area contributed by atoms with Gasteiger partial charge in [0, 0.05) is 48.7 Å². The number of benzene rings is 1. The van der Waals surface area contributed by atoms with Gasteiger partial charge in [0.2, 0.25) is 0 Å². The number of nitrogens with zero attached hydrogens (tertiary/aromatic N) is 3. The smallest absolute Gasteiger partial charge is 0.258 e. The highest BCUT2D eigenvalue weighted by Gasteiger charge is 2.27. The van der Waals surface area contributed by atoms with Crippen molar-refractivity contribution in [2.75, 3.05) is 18.4 Å². The number of ether oxygens (including phenoxy) is 1. The van der Waals surface area contributed by atoms with Gasteiger partial charge in [-0.2, -0.15) is 0 Å². The predicted molar refractivity (Wildman–Crippen MR) is 127 cm³/mol. The predicted octanol–water partition coefficient (Wildman–Crippen LogP) is 4.66. The number of nitrogens with one attached hydrogen (secondary N) is 2. The quantitative estimate of drug-likeness (QED) is 0.541. The Morgan fingerprint density at radius 1 is 1.12 bits per heavy atom. The molecular formula is C24H26ClF2N5O2. The average Bonchev–Trinajstić information content (AvgIpc) is 2.81. The van der Waals surface area contributed by atoms with E-state index in [2.05, 4.69) is 25.6 Å². The largest absolute Gasteiger partial charge is 0.366 e. The first-order valence-electron chi connectivity index (χ1n) is 10.8. The molecule has 1 amide bonds. The van der Waals surface area contributed by atoms with Gasteiger partial charge in [-0.25, -0.2) is 18.7 Å². The van der Waals surface area contributed by atoms with E-state index in [0.717, 1.165) is 18.2 Å². The second-order valence-electron chi connectivity index (χ2n) is 8.28. The first-order chi connectivity index (χ1) is 15.8. The maximum Gasteiger partial charge on any atom is 0.258 e. The van der Waals surface area contributed by atoms with E-state index in [1.54, 1.807) is 0 Å². The standard InChI is InChI=1S/C24H25F2N5O2.ClH/c1-13(2)23-29-10-15(11-30-23)24(32)31-21-17(18-8-16(25)4-5-19(18)26)6-7-28-22(21)20-12-27-9-14(3)33-20;/h4-8,10-11,13-14,20,27H,9,12H2,1-3H3,(H,31,32);1H/t14-,20?;/m1./s1. The second-order valence-corrected chi connectivity index (χ2v) is 8.28. The van der Waals surface area contributed by atoms with Crippen molar-refractivity contribution in [2.24, 2.45) is 0 Å². The molecule has 4 rings (SSSR count). The van der Waals surface area contributed by atoms with Gasteiger partial charge in [0.05, 0.1) is 23.0 Å². The molecule has 1 fully saturated rings. The van der Waals surface area contributed by atoms with Gasteiger partial charge in [0.15, 0.2) is 0 Å². The van der Waals surface area contributed by atoms with E-state index in [9.17, 15) is 13.6 Å². The number of pyridine rings is 1. The molecule has 3 heterocycles. The summed E-state index contributed by atoms with van der Waals surface area (Å²) in [6, 6.07) is 4.72. The fourth-order valence-electron chi connectivity index (χ4n) is 3.68. The second kappa shape index (κ2) is 10.9. The molecule has 10 heteroatoms. The summed E-state index contributed by atoms with van der Waals surface area (Å²) >= 11 is 0. The zero-order valence-corrected chi connectivity index (χ0v) is 19.8. The van der Waals surface area contributed by atoms with E-state index in [1.807, 2.05) is 20.8 Å². The minimum absolute atomic E-state index is 0. The van der Waals surface area contributed by atoms with Crippen molar-refractivity contribution in [3.05, 3.63) is 71.6 Å². The normalized spacial score (nSPS) is 17.8. The molecule has 2 atom stereocenters. The summed E-state index contributed by atoms with van der Waals surface area (Å²) in [5, 5.41) is 6.08. The minimum atomic E-state index is -0.621. The van der Waals surface area contributed by atoms with Crippen LogP contribution in [0.1, 0.15) is 54.7 Å². The summed E-state index contributed by atoms with van der Waals surface area (Å²) in [7, 11) is 0. The van der Waals surface area contributed by atoms with Gasteiger partial charge >= 0.3 is 0 Å². The monoisotopic (exact) mass is 489 g/mol. The van der Waals surface area contributed by atoms with Crippen LogP contribution in [0.5, 0.6) is 0 Å². The number of anilines is 1. The average molecular weight is 490 g/mol. The van der Waals surface area contributed by atoms with Crippen molar-refractivity contribution in [1.29, 1.82) is 0 Å². The maximum absolute atomic E-state index is 14.7. The lowest BCUT2D eigenvalue weighted by Gasteiger charge is -2.30. The summed E-state index contributed by atoms with van der Waals surface area (Å²) < 4.78 is 34.7. The van der Waals surface area contributed by atoms with Crippen molar-refractivity contribution < 1.29 is 18.3 Å². The Morgan fingerprint density at radius 3 is 2.53 bits per heavy atom. The van der Waals surface area contributed by atoms with Crippen LogP contribution in [0.4, 0.5) is 14.5 Å². The summed E-state index contributed by atoms with van der Waals surface area (Å²) in [5.41, 5.74) is 1.21. The summed E-state index contributed by atoms with van der Waals surface area (Å²) in [6.07, 6.45) is 3.81. The molecule has 180 valence electrons. The lowest BCUT2D eigenvalue weighted by Crippen LogP contribution is -2.39. The first-order valence-corrected chi connectivity index (χ1v) is 10.8. The third-order valence-corrected chi connectivity index (χ3v) is 5.35. The highest BCUT2D eigenvalue weighted by atomic mass is 35.5. The van der Waals surface area contributed by atoms with Crippen LogP contribution < -0.4 is 10.6 Å². The molecule has 7 nitrogen and oxygen atoms in total. The summed E-state index contributed by atoms with van der Waals surface area (Å²) in [4.78, 5) is 26.0. The number of carbonyl (C=O) groups is 1. The van der Waals surface area contributed by atoms with E-state index in [-0.39, 0.29) is 41.2 Å². The van der Waals surface area contributed by atoms with E-state index in [1.165, 1.54) is 24.7 Å². The summed E-state index contributed by atoms with van der Waals surface area (Å²) in [6.45, 7) is 6.96. The van der Waals surface area contributed by atoms with Crippen molar-refractivity contribution in [3.8, 4) is 11.1 Å². The van der Waals surface area contributed by atoms with Crippen LogP contribution in [0.25, 0.3) is 11.1 Å². The van der Waals surface area contributed by atoms with E-state index in [4.69, 9.17) is 4.74 Å². The van der Waals surface area contributed by atoms with Gasteiger partial charge in [-0.3, -0.25) is 9.78 Å². The van der Waals surface area contributed by atoms with Gasteiger partial charge in [-0.1, -0.05) is 13.8 Å². The lowest BCUT2D eigenvalue weighted by molar-refractivity contribution is -0.0304. The van der Waals surface area contributed by atoms with E-state index >= 15 is 0 Å². The van der Waals surface area contributed by atoms with Crippen molar-refractivity contribution in [2.45, 2.75) is 38.9 Å². The molecule has 1 saturated heterocycles. The van der Waals surface area contributed by atoms with E-state index < -0.39 is 23.6 Å². The number of halogens is 3. The molecule has 1 unspecified atom stereocenters. The van der Waals surface area contributed by atoms with Gasteiger partial charge in [-0.15, -0.1) is 12.4 Å². The molecule has 0 aliphatic carbocycles. The number of rotatable bonds is 5. The first kappa shape index (κ1) is 25.6. The molecule has 2 N–H and O–H groups in total. The summed E-state index contributed by atoms with van der Waals surface area (Å²) in [5.74, 6) is -0.970. The van der Waals surface area contributed by atoms with Crippen LogP contribution in [0.3, 0.4) is 0 Å². The zero-order chi connectivity index (χ0) is 23.5. The molecule has 2 aromatic heterocycles. The Morgan fingerprint density at radius 2 is 1.85 bits per heavy atom. The minimum Gasteiger partial charge on any atom is -0.366 e. The molecule has 0 bridgehead atoms. The Labute approximate surface area is 202 Å². The fraction of sp³-hybridized carbons (Fsp3) is 0.333. The fourth-order valence-corrected chi connectivity index (χ4v) is 3.68. The highest BCUT2D eigenvalue weighted by Crippen LogP contribution is 2.36. The topological polar surface area (TPSA) is 89.0 Å². The third kappa shape index (κ3) is 5.55. The van der Waals surface area contributed by atoms with Crippen molar-refractivity contribution in [3.63, 3.8) is 0 Å². The van der Waals surface area contributed by atoms with Gasteiger partial charge in [0.25, 0.3) is 5.91 Å². The molecular weight excluding hydrogens is 464 g/mol. The van der Waals surface area contributed by atoms with Gasteiger partial charge in [-0.05, 0) is 31.2 Å². The Kier molecular flexibility index (Phi) is 8.24. The van der Waals surface area contributed by atoms with Crippen LogP contribution >= 0.6 is 12.4 Å². The number of carbonyl (C=O) groups excluding carboxylic acids is 1. The Balaban J connectivity index is 0.00000324. The zero-order valence-electron chi connectivity index (χ0n) is 19.0. The van der Waals surface area contributed by atoms with Crippen LogP contribution in [0.2, 0.25) is 0 Å². The van der Waals surface area contributed by atoms with Crippen LogP contribution in [-0.2, 0) is 4.74 Å².